The first-order chi connectivity index (χ1) is 19.3. The minimum atomic E-state index is -1.30. The number of nitrogens with zero attached hydrogens (tertiary/aromatic N) is 1. The zero-order valence-corrected chi connectivity index (χ0v) is 26.2. The molecule has 0 saturated carbocycles. The average molecular weight is 588 g/mol. The lowest BCUT2D eigenvalue weighted by Gasteiger charge is -2.35. The van der Waals surface area contributed by atoms with Crippen LogP contribution in [0.2, 0.25) is 5.02 Å². The third-order valence-corrected chi connectivity index (χ3v) is 7.03. The van der Waals surface area contributed by atoms with Crippen LogP contribution >= 0.6 is 11.6 Å². The number of amides is 3. The van der Waals surface area contributed by atoms with Crippen molar-refractivity contribution in [1.29, 1.82) is 0 Å². The molecule has 0 fully saturated rings. The Balaban J connectivity index is 2.57. The molecular formula is C32H46ClN3O5. The van der Waals surface area contributed by atoms with Gasteiger partial charge in [0.25, 0.3) is 5.91 Å². The second-order valence-corrected chi connectivity index (χ2v) is 11.9. The minimum absolute atomic E-state index is 0.252. The van der Waals surface area contributed by atoms with Crippen LogP contribution in [0.15, 0.2) is 36.4 Å². The average Bonchev–Trinajstić information content (AvgIpc) is 2.89. The number of carbonyl (C=O) groups is 3. The van der Waals surface area contributed by atoms with Crippen molar-refractivity contribution in [2.75, 3.05) is 18.5 Å². The predicted octanol–water partition coefficient (Wildman–Crippen LogP) is 6.63. The molecule has 2 aromatic rings. The molecule has 2 aromatic carbocycles. The Morgan fingerprint density at radius 1 is 1.00 bits per heavy atom. The first-order valence-corrected chi connectivity index (χ1v) is 14.7. The molecule has 3 N–H and O–H groups in total. The summed E-state index contributed by atoms with van der Waals surface area (Å²) in [6, 6.07) is 8.75. The van der Waals surface area contributed by atoms with Gasteiger partial charge in [-0.25, -0.2) is 4.79 Å². The highest BCUT2D eigenvalue weighted by molar-refractivity contribution is 6.34. The maximum absolute atomic E-state index is 14.1. The summed E-state index contributed by atoms with van der Waals surface area (Å²) in [5.74, 6) is -1.02. The van der Waals surface area contributed by atoms with Crippen LogP contribution in [0.1, 0.15) is 88.1 Å². The lowest BCUT2D eigenvalue weighted by atomic mass is 9.95. The van der Waals surface area contributed by atoms with E-state index in [2.05, 4.69) is 17.6 Å². The quantitative estimate of drug-likeness (QED) is 0.228. The predicted molar refractivity (Wildman–Crippen MR) is 164 cm³/mol. The Bertz CT molecular complexity index is 1170. The molecule has 226 valence electrons. The summed E-state index contributed by atoms with van der Waals surface area (Å²) in [4.78, 5) is 42.3. The number of aryl methyl sites for hydroxylation is 3. The van der Waals surface area contributed by atoms with Gasteiger partial charge in [-0.1, -0.05) is 80.1 Å². The molecule has 0 saturated heterocycles. The number of hydrogen-bond acceptors (Lipinski definition) is 5. The Labute approximate surface area is 249 Å². The molecule has 9 heteroatoms. The summed E-state index contributed by atoms with van der Waals surface area (Å²) < 4.78 is 5.33. The number of benzene rings is 2. The van der Waals surface area contributed by atoms with Crippen molar-refractivity contribution < 1.29 is 24.2 Å². The summed E-state index contributed by atoms with van der Waals surface area (Å²) >= 11 is 6.45. The topological polar surface area (TPSA) is 108 Å². The number of rotatable bonds is 13. The van der Waals surface area contributed by atoms with E-state index < -0.39 is 42.2 Å². The molecule has 8 nitrogen and oxygen atoms in total. The summed E-state index contributed by atoms with van der Waals surface area (Å²) in [5, 5.41) is 16.0. The van der Waals surface area contributed by atoms with Crippen molar-refractivity contribution in [2.45, 2.75) is 98.3 Å². The molecule has 2 rings (SSSR count). The van der Waals surface area contributed by atoms with Crippen LogP contribution in [0.25, 0.3) is 0 Å². The third-order valence-electron chi connectivity index (χ3n) is 6.72. The lowest BCUT2D eigenvalue weighted by molar-refractivity contribution is -0.141. The maximum atomic E-state index is 14.1. The van der Waals surface area contributed by atoms with Gasteiger partial charge in [0.1, 0.15) is 17.7 Å². The molecule has 0 aliphatic heterocycles. The van der Waals surface area contributed by atoms with Crippen LogP contribution < -0.4 is 10.6 Å². The van der Waals surface area contributed by atoms with E-state index in [0.717, 1.165) is 42.4 Å². The Morgan fingerprint density at radius 2 is 1.68 bits per heavy atom. The van der Waals surface area contributed by atoms with Crippen LogP contribution in [0.4, 0.5) is 10.5 Å². The number of anilines is 1. The standard InChI is InChI=1S/C32H46ClN3O5/c1-8-9-10-11-12-18-36(30(39)26(20-37)34-31(40)41-32(5,6)7)28(24-19-21(2)16-17-22(24)3)29(38)35-27-23(4)14-13-15-25(27)33/h13-17,19,26,28,37H,8-12,18,20H2,1-7H3,(H,34,40)(H,35,38). The van der Waals surface area contributed by atoms with Crippen molar-refractivity contribution >= 4 is 35.2 Å². The molecule has 0 spiro atoms. The molecule has 3 amide bonds. The fourth-order valence-electron chi connectivity index (χ4n) is 4.57. The van der Waals surface area contributed by atoms with Gasteiger partial charge in [0, 0.05) is 6.54 Å². The van der Waals surface area contributed by atoms with E-state index in [9.17, 15) is 19.5 Å². The van der Waals surface area contributed by atoms with Crippen molar-refractivity contribution in [2.24, 2.45) is 0 Å². The molecule has 2 unspecified atom stereocenters. The molecule has 0 radical (unpaired) electrons. The lowest BCUT2D eigenvalue weighted by Crippen LogP contribution is -2.54. The largest absolute Gasteiger partial charge is 0.444 e. The van der Waals surface area contributed by atoms with Gasteiger partial charge in [-0.3, -0.25) is 9.59 Å². The van der Waals surface area contributed by atoms with Gasteiger partial charge < -0.3 is 25.4 Å². The number of aliphatic hydroxyl groups excluding tert-OH is 1. The van der Waals surface area contributed by atoms with E-state index in [4.69, 9.17) is 16.3 Å². The van der Waals surface area contributed by atoms with Crippen molar-refractivity contribution in [1.82, 2.24) is 10.2 Å². The van der Waals surface area contributed by atoms with Crippen LogP contribution in [0.3, 0.4) is 0 Å². The first kappa shape index (κ1) is 34.1. The zero-order valence-electron chi connectivity index (χ0n) is 25.5. The Morgan fingerprint density at radius 3 is 2.29 bits per heavy atom. The molecular weight excluding hydrogens is 542 g/mol. The number of unbranched alkanes of at least 4 members (excludes halogenated alkanes) is 4. The second-order valence-electron chi connectivity index (χ2n) is 11.5. The summed E-state index contributed by atoms with van der Waals surface area (Å²) in [6.07, 6.45) is 3.83. The van der Waals surface area contributed by atoms with Crippen molar-refractivity contribution in [3.8, 4) is 0 Å². The summed E-state index contributed by atoms with van der Waals surface area (Å²) in [5.41, 5.74) is 2.87. The van der Waals surface area contributed by atoms with Crippen LogP contribution in [-0.4, -0.2) is 52.7 Å². The smallest absolute Gasteiger partial charge is 0.408 e. The number of halogens is 1. The number of ether oxygens (including phenoxy) is 1. The van der Waals surface area contributed by atoms with Crippen LogP contribution in [0, 0.1) is 20.8 Å². The normalized spacial score (nSPS) is 12.8. The summed E-state index contributed by atoms with van der Waals surface area (Å²) in [6.45, 7) is 12.5. The van der Waals surface area contributed by atoms with E-state index >= 15 is 0 Å². The number of alkyl carbamates (subject to hydrolysis) is 1. The molecule has 0 aliphatic carbocycles. The highest BCUT2D eigenvalue weighted by Crippen LogP contribution is 2.31. The van der Waals surface area contributed by atoms with Gasteiger partial charge >= 0.3 is 6.09 Å². The van der Waals surface area contributed by atoms with Gasteiger partial charge in [0.2, 0.25) is 5.91 Å². The number of carbonyl (C=O) groups excluding carboxylic acids is 3. The fourth-order valence-corrected chi connectivity index (χ4v) is 4.84. The van der Waals surface area contributed by atoms with E-state index in [1.54, 1.807) is 32.9 Å². The zero-order chi connectivity index (χ0) is 30.7. The Kier molecular flexibility index (Phi) is 13.1. The SMILES string of the molecule is CCCCCCCN(C(=O)C(CO)NC(=O)OC(C)(C)C)C(C(=O)Nc1c(C)cccc1Cl)c1cc(C)ccc1C. The van der Waals surface area contributed by atoms with Gasteiger partial charge in [-0.15, -0.1) is 0 Å². The molecule has 0 aliphatic rings. The van der Waals surface area contributed by atoms with Crippen LogP contribution in [0.5, 0.6) is 0 Å². The minimum Gasteiger partial charge on any atom is -0.444 e. The second kappa shape index (κ2) is 15.8. The van der Waals surface area contributed by atoms with Crippen molar-refractivity contribution in [3.05, 3.63) is 63.7 Å². The highest BCUT2D eigenvalue weighted by Gasteiger charge is 2.37. The number of para-hydroxylation sites is 1. The maximum Gasteiger partial charge on any atom is 0.408 e. The number of aliphatic hydroxyl groups is 1. The fraction of sp³-hybridized carbons (Fsp3) is 0.531. The Hall–Kier alpha value is -3.10. The molecule has 41 heavy (non-hydrogen) atoms. The molecule has 0 heterocycles. The molecule has 0 aromatic heterocycles. The van der Waals surface area contributed by atoms with E-state index in [0.29, 0.717) is 22.7 Å². The summed E-state index contributed by atoms with van der Waals surface area (Å²) in [7, 11) is 0. The third kappa shape index (κ3) is 10.3. The van der Waals surface area contributed by atoms with Gasteiger partial charge in [0.15, 0.2) is 0 Å². The number of hydrogen-bond donors (Lipinski definition) is 3. The highest BCUT2D eigenvalue weighted by atomic mass is 35.5. The number of nitrogens with one attached hydrogen (secondary N) is 2. The van der Waals surface area contributed by atoms with E-state index in [-0.39, 0.29) is 6.54 Å². The first-order valence-electron chi connectivity index (χ1n) is 14.3. The van der Waals surface area contributed by atoms with Gasteiger partial charge in [-0.05, 0) is 70.7 Å². The van der Waals surface area contributed by atoms with Gasteiger partial charge in [-0.2, -0.15) is 0 Å². The molecule has 2 atom stereocenters. The van der Waals surface area contributed by atoms with Gasteiger partial charge in [0.05, 0.1) is 17.3 Å². The van der Waals surface area contributed by atoms with Crippen molar-refractivity contribution in [3.63, 3.8) is 0 Å². The van der Waals surface area contributed by atoms with E-state index in [1.807, 2.05) is 45.0 Å². The van der Waals surface area contributed by atoms with E-state index in [1.165, 1.54) is 4.90 Å². The molecule has 0 bridgehead atoms. The monoisotopic (exact) mass is 587 g/mol. The van der Waals surface area contributed by atoms with Crippen LogP contribution in [-0.2, 0) is 14.3 Å².